The van der Waals surface area contributed by atoms with Gasteiger partial charge in [0.25, 0.3) is 0 Å². The van der Waals surface area contributed by atoms with Gasteiger partial charge in [0, 0.05) is 18.3 Å². The molecule has 100 valence electrons. The Labute approximate surface area is 111 Å². The summed E-state index contributed by atoms with van der Waals surface area (Å²) in [5.41, 5.74) is 1.63. The zero-order valence-corrected chi connectivity index (χ0v) is 10.8. The van der Waals surface area contributed by atoms with Crippen molar-refractivity contribution in [1.82, 2.24) is 0 Å². The Morgan fingerprint density at radius 2 is 1.89 bits per heavy atom. The van der Waals surface area contributed by atoms with Crippen molar-refractivity contribution in [3.05, 3.63) is 59.2 Å². The van der Waals surface area contributed by atoms with Gasteiger partial charge in [-0.05, 0) is 42.8 Å². The first-order valence-corrected chi connectivity index (χ1v) is 5.96. The minimum atomic E-state index is -0.328. The van der Waals surface area contributed by atoms with Gasteiger partial charge in [-0.3, -0.25) is 0 Å². The van der Waals surface area contributed by atoms with Crippen LogP contribution in [0.4, 0.5) is 14.5 Å². The summed E-state index contributed by atoms with van der Waals surface area (Å²) in [5, 5.41) is 2.91. The molecule has 0 unspecified atom stereocenters. The Morgan fingerprint density at radius 3 is 2.58 bits per heavy atom. The van der Waals surface area contributed by atoms with Gasteiger partial charge in [0.1, 0.15) is 24.0 Å². The average Bonchev–Trinajstić information content (AvgIpc) is 2.41. The predicted molar refractivity (Wildman–Crippen MR) is 71.4 cm³/mol. The lowest BCUT2D eigenvalue weighted by atomic mass is 10.1. The molecule has 4 heteroatoms. The lowest BCUT2D eigenvalue weighted by molar-refractivity contribution is 0.300. The highest BCUT2D eigenvalue weighted by molar-refractivity contribution is 5.51. The summed E-state index contributed by atoms with van der Waals surface area (Å²) < 4.78 is 32.3. The molecule has 0 aliphatic carbocycles. The van der Waals surface area contributed by atoms with E-state index in [2.05, 4.69) is 5.32 Å². The Bertz CT molecular complexity index is 584. The van der Waals surface area contributed by atoms with Gasteiger partial charge in [0.2, 0.25) is 0 Å². The van der Waals surface area contributed by atoms with Crippen molar-refractivity contribution >= 4 is 5.69 Å². The number of hydrogen-bond donors (Lipinski definition) is 1. The van der Waals surface area contributed by atoms with Gasteiger partial charge in [-0.15, -0.1) is 0 Å². The van der Waals surface area contributed by atoms with Crippen LogP contribution in [0, 0.1) is 18.6 Å². The Balaban J connectivity index is 2.16. The van der Waals surface area contributed by atoms with Crippen molar-refractivity contribution in [2.75, 3.05) is 12.4 Å². The fourth-order valence-corrected chi connectivity index (χ4v) is 1.80. The number of hydrogen-bond acceptors (Lipinski definition) is 2. The van der Waals surface area contributed by atoms with E-state index in [4.69, 9.17) is 4.74 Å². The molecule has 0 atom stereocenters. The van der Waals surface area contributed by atoms with Crippen LogP contribution >= 0.6 is 0 Å². The normalized spacial score (nSPS) is 10.3. The molecule has 0 saturated heterocycles. The SMILES string of the molecule is CNc1cccc(F)c1COc1ccc(F)c(C)c1. The van der Waals surface area contributed by atoms with Crippen LogP contribution in [0.5, 0.6) is 5.75 Å². The summed E-state index contributed by atoms with van der Waals surface area (Å²) in [4.78, 5) is 0. The zero-order valence-electron chi connectivity index (χ0n) is 10.8. The molecular weight excluding hydrogens is 248 g/mol. The lowest BCUT2D eigenvalue weighted by Gasteiger charge is -2.12. The molecule has 2 nitrogen and oxygen atoms in total. The van der Waals surface area contributed by atoms with Crippen LogP contribution in [0.3, 0.4) is 0 Å². The molecular formula is C15H15F2NO. The number of rotatable bonds is 4. The molecule has 2 rings (SSSR count). The maximum atomic E-state index is 13.7. The second-order valence-corrected chi connectivity index (χ2v) is 4.22. The predicted octanol–water partition coefficient (Wildman–Crippen LogP) is 3.89. The van der Waals surface area contributed by atoms with E-state index in [1.807, 2.05) is 0 Å². The molecule has 0 saturated carbocycles. The zero-order chi connectivity index (χ0) is 13.8. The van der Waals surface area contributed by atoms with E-state index in [1.54, 1.807) is 32.2 Å². The number of aryl methyl sites for hydroxylation is 1. The van der Waals surface area contributed by atoms with Crippen LogP contribution in [0.15, 0.2) is 36.4 Å². The van der Waals surface area contributed by atoms with Crippen LogP contribution < -0.4 is 10.1 Å². The highest BCUT2D eigenvalue weighted by atomic mass is 19.1. The highest BCUT2D eigenvalue weighted by Gasteiger charge is 2.08. The number of halogens is 2. The van der Waals surface area contributed by atoms with Crippen LogP contribution in [0.25, 0.3) is 0 Å². The summed E-state index contributed by atoms with van der Waals surface area (Å²) in [6, 6.07) is 9.25. The largest absolute Gasteiger partial charge is 0.489 e. The van der Waals surface area contributed by atoms with E-state index in [0.29, 0.717) is 22.6 Å². The minimum absolute atomic E-state index is 0.0912. The molecule has 0 bridgehead atoms. The van der Waals surface area contributed by atoms with Gasteiger partial charge >= 0.3 is 0 Å². The second-order valence-electron chi connectivity index (χ2n) is 4.22. The van der Waals surface area contributed by atoms with Crippen LogP contribution in [-0.4, -0.2) is 7.05 Å². The van der Waals surface area contributed by atoms with Crippen molar-refractivity contribution < 1.29 is 13.5 Å². The maximum Gasteiger partial charge on any atom is 0.131 e. The van der Waals surface area contributed by atoms with Crippen molar-refractivity contribution in [3.8, 4) is 5.75 Å². The highest BCUT2D eigenvalue weighted by Crippen LogP contribution is 2.22. The number of benzene rings is 2. The summed E-state index contributed by atoms with van der Waals surface area (Å²) in [7, 11) is 1.72. The first-order chi connectivity index (χ1) is 9.11. The Kier molecular flexibility index (Phi) is 4.00. The minimum Gasteiger partial charge on any atom is -0.489 e. The van der Waals surface area contributed by atoms with Crippen molar-refractivity contribution in [2.45, 2.75) is 13.5 Å². The molecule has 19 heavy (non-hydrogen) atoms. The maximum absolute atomic E-state index is 13.7. The molecule has 0 aromatic heterocycles. The van der Waals surface area contributed by atoms with Crippen molar-refractivity contribution in [1.29, 1.82) is 0 Å². The smallest absolute Gasteiger partial charge is 0.131 e. The van der Waals surface area contributed by atoms with Gasteiger partial charge in [0.05, 0.1) is 0 Å². The van der Waals surface area contributed by atoms with E-state index in [9.17, 15) is 8.78 Å². The summed E-state index contributed by atoms with van der Waals surface area (Å²) in [5.74, 6) is -0.0935. The fraction of sp³-hybridized carbons (Fsp3) is 0.200. The molecule has 0 amide bonds. The molecule has 0 fully saturated rings. The van der Waals surface area contributed by atoms with E-state index in [-0.39, 0.29) is 18.2 Å². The summed E-state index contributed by atoms with van der Waals surface area (Å²) in [6.45, 7) is 1.75. The van der Waals surface area contributed by atoms with Crippen LogP contribution in [0.1, 0.15) is 11.1 Å². The van der Waals surface area contributed by atoms with Gasteiger partial charge < -0.3 is 10.1 Å². The molecule has 0 aliphatic heterocycles. The van der Waals surface area contributed by atoms with Crippen molar-refractivity contribution in [3.63, 3.8) is 0 Å². The van der Waals surface area contributed by atoms with Crippen LogP contribution in [0.2, 0.25) is 0 Å². The number of nitrogens with one attached hydrogen (secondary N) is 1. The molecule has 0 heterocycles. The molecule has 0 spiro atoms. The van der Waals surface area contributed by atoms with E-state index >= 15 is 0 Å². The van der Waals surface area contributed by atoms with E-state index < -0.39 is 0 Å². The van der Waals surface area contributed by atoms with Gasteiger partial charge in [-0.25, -0.2) is 8.78 Å². The topological polar surface area (TPSA) is 21.3 Å². The first kappa shape index (κ1) is 13.3. The van der Waals surface area contributed by atoms with Gasteiger partial charge in [0.15, 0.2) is 0 Å². The van der Waals surface area contributed by atoms with E-state index in [1.165, 1.54) is 18.2 Å². The molecule has 0 radical (unpaired) electrons. The van der Waals surface area contributed by atoms with Gasteiger partial charge in [-0.2, -0.15) is 0 Å². The number of ether oxygens (including phenoxy) is 1. The van der Waals surface area contributed by atoms with E-state index in [0.717, 1.165) is 0 Å². The molecule has 0 aliphatic rings. The fourth-order valence-electron chi connectivity index (χ4n) is 1.80. The first-order valence-electron chi connectivity index (χ1n) is 5.96. The molecule has 1 N–H and O–H groups in total. The van der Waals surface area contributed by atoms with Crippen molar-refractivity contribution in [2.24, 2.45) is 0 Å². The monoisotopic (exact) mass is 263 g/mol. The Morgan fingerprint density at radius 1 is 1.11 bits per heavy atom. The lowest BCUT2D eigenvalue weighted by Crippen LogP contribution is -2.03. The molecule has 2 aromatic carbocycles. The third-order valence-corrected chi connectivity index (χ3v) is 2.90. The third kappa shape index (κ3) is 3.02. The van der Waals surface area contributed by atoms with Gasteiger partial charge in [-0.1, -0.05) is 6.07 Å². The Hall–Kier alpha value is -2.10. The summed E-state index contributed by atoms with van der Waals surface area (Å²) in [6.07, 6.45) is 0. The quantitative estimate of drug-likeness (QED) is 0.903. The summed E-state index contributed by atoms with van der Waals surface area (Å²) >= 11 is 0. The van der Waals surface area contributed by atoms with Crippen LogP contribution in [-0.2, 0) is 6.61 Å². The molecule has 2 aromatic rings. The number of anilines is 1. The standard InChI is InChI=1S/C15H15F2NO/c1-10-8-11(6-7-13(10)16)19-9-12-14(17)4-3-5-15(12)18-2/h3-8,18H,9H2,1-2H3. The third-order valence-electron chi connectivity index (χ3n) is 2.90. The second kappa shape index (κ2) is 5.69. The average molecular weight is 263 g/mol.